The highest BCUT2D eigenvalue weighted by atomic mass is 32.1. The summed E-state index contributed by atoms with van der Waals surface area (Å²) in [6, 6.07) is 7.74. The Balaban J connectivity index is 1.99. The van der Waals surface area contributed by atoms with Gasteiger partial charge in [0.1, 0.15) is 22.9 Å². The van der Waals surface area contributed by atoms with Gasteiger partial charge in [-0.1, -0.05) is 12.1 Å². The third kappa shape index (κ3) is 3.29. The predicted molar refractivity (Wildman–Crippen MR) is 86.0 cm³/mol. The summed E-state index contributed by atoms with van der Waals surface area (Å²) in [5.74, 6) is -0.485. The Labute approximate surface area is 134 Å². The third-order valence-electron chi connectivity index (χ3n) is 3.20. The van der Waals surface area contributed by atoms with E-state index in [9.17, 15) is 14.0 Å². The summed E-state index contributed by atoms with van der Waals surface area (Å²) in [6.45, 7) is 1.99. The molecule has 0 aliphatic heterocycles. The van der Waals surface area contributed by atoms with Crippen LogP contribution in [0, 0.1) is 5.82 Å². The Hall–Kier alpha value is -2.54. The Morgan fingerprint density at radius 3 is 2.78 bits per heavy atom. The molecule has 1 aromatic carbocycles. The first kappa shape index (κ1) is 15.4. The van der Waals surface area contributed by atoms with Gasteiger partial charge in [0.2, 0.25) is 0 Å². The first-order valence-corrected chi connectivity index (χ1v) is 7.82. The number of carbonyl (C=O) groups excluding carboxylic acids is 1. The molecule has 1 N–H and O–H groups in total. The minimum absolute atomic E-state index is 0.0806. The van der Waals surface area contributed by atoms with Crippen molar-refractivity contribution in [3.8, 4) is 10.4 Å². The van der Waals surface area contributed by atoms with Crippen molar-refractivity contribution in [3.05, 3.63) is 52.3 Å². The lowest BCUT2D eigenvalue weighted by atomic mass is 10.2. The van der Waals surface area contributed by atoms with E-state index in [2.05, 4.69) is 9.97 Å². The number of ether oxygens (including phenoxy) is 1. The Morgan fingerprint density at radius 2 is 2.09 bits per heavy atom. The molecule has 0 saturated carbocycles. The van der Waals surface area contributed by atoms with E-state index in [0.29, 0.717) is 10.2 Å². The number of hydrogen-bond acceptors (Lipinski definition) is 5. The second-order valence-electron chi connectivity index (χ2n) is 4.83. The molecule has 0 saturated heterocycles. The van der Waals surface area contributed by atoms with Gasteiger partial charge in [-0.25, -0.2) is 9.37 Å². The SMILES string of the molecule is CCOC(=O)Cc1nc2sc(-c3ccc(F)cc3)cc2c(=O)[nH]1. The molecule has 0 unspecified atom stereocenters. The average Bonchev–Trinajstić information content (AvgIpc) is 2.92. The van der Waals surface area contributed by atoms with E-state index in [-0.39, 0.29) is 30.2 Å². The van der Waals surface area contributed by atoms with Crippen LogP contribution in [-0.2, 0) is 16.0 Å². The second kappa shape index (κ2) is 6.29. The van der Waals surface area contributed by atoms with E-state index in [0.717, 1.165) is 10.4 Å². The first-order valence-electron chi connectivity index (χ1n) is 7.01. The van der Waals surface area contributed by atoms with Crippen LogP contribution >= 0.6 is 11.3 Å². The monoisotopic (exact) mass is 332 g/mol. The zero-order chi connectivity index (χ0) is 16.4. The summed E-state index contributed by atoms with van der Waals surface area (Å²) in [4.78, 5) is 31.9. The maximum atomic E-state index is 13.0. The summed E-state index contributed by atoms with van der Waals surface area (Å²) in [6.07, 6.45) is -0.0806. The van der Waals surface area contributed by atoms with Crippen LogP contribution in [-0.4, -0.2) is 22.5 Å². The number of aromatic amines is 1. The average molecular weight is 332 g/mol. The molecule has 0 aliphatic rings. The maximum absolute atomic E-state index is 13.0. The van der Waals surface area contributed by atoms with Crippen LogP contribution in [0.3, 0.4) is 0 Å². The van der Waals surface area contributed by atoms with Gasteiger partial charge in [-0.05, 0) is 30.7 Å². The summed E-state index contributed by atoms with van der Waals surface area (Å²) < 4.78 is 17.9. The van der Waals surface area contributed by atoms with Crippen molar-refractivity contribution < 1.29 is 13.9 Å². The molecule has 0 atom stereocenters. The molecular weight excluding hydrogens is 319 g/mol. The second-order valence-corrected chi connectivity index (χ2v) is 5.86. The molecule has 0 bridgehead atoms. The summed E-state index contributed by atoms with van der Waals surface area (Å²) in [7, 11) is 0. The minimum atomic E-state index is -0.440. The van der Waals surface area contributed by atoms with Gasteiger partial charge in [-0.15, -0.1) is 11.3 Å². The van der Waals surface area contributed by atoms with Gasteiger partial charge in [0, 0.05) is 4.88 Å². The lowest BCUT2D eigenvalue weighted by Crippen LogP contribution is -2.15. The maximum Gasteiger partial charge on any atom is 0.313 e. The number of H-pyrrole nitrogens is 1. The van der Waals surface area contributed by atoms with Gasteiger partial charge >= 0.3 is 5.97 Å². The van der Waals surface area contributed by atoms with Crippen LogP contribution in [0.25, 0.3) is 20.7 Å². The number of carbonyl (C=O) groups is 1. The molecule has 2 aromatic heterocycles. The van der Waals surface area contributed by atoms with Gasteiger partial charge in [0.05, 0.1) is 12.0 Å². The number of nitrogens with zero attached hydrogens (tertiary/aromatic N) is 1. The van der Waals surface area contributed by atoms with Crippen LogP contribution in [0.1, 0.15) is 12.7 Å². The number of thiophene rings is 1. The van der Waals surface area contributed by atoms with Crippen LogP contribution in [0.15, 0.2) is 35.1 Å². The van der Waals surface area contributed by atoms with Crippen molar-refractivity contribution in [2.75, 3.05) is 6.61 Å². The van der Waals surface area contributed by atoms with E-state index in [4.69, 9.17) is 4.74 Å². The fourth-order valence-electron chi connectivity index (χ4n) is 2.16. The number of nitrogens with one attached hydrogen (secondary N) is 1. The molecule has 3 rings (SSSR count). The van der Waals surface area contributed by atoms with Gasteiger partial charge in [-0.2, -0.15) is 0 Å². The number of fused-ring (bicyclic) bond motifs is 1. The molecule has 5 nitrogen and oxygen atoms in total. The van der Waals surface area contributed by atoms with E-state index < -0.39 is 5.97 Å². The van der Waals surface area contributed by atoms with E-state index in [1.165, 1.54) is 23.5 Å². The molecule has 0 fully saturated rings. The number of rotatable bonds is 4. The van der Waals surface area contributed by atoms with Crippen molar-refractivity contribution in [1.29, 1.82) is 0 Å². The highest BCUT2D eigenvalue weighted by molar-refractivity contribution is 7.21. The first-order chi connectivity index (χ1) is 11.1. The van der Waals surface area contributed by atoms with Crippen LogP contribution in [0.5, 0.6) is 0 Å². The molecule has 0 aliphatic carbocycles. The van der Waals surface area contributed by atoms with Crippen LogP contribution < -0.4 is 5.56 Å². The fraction of sp³-hybridized carbons (Fsp3) is 0.188. The van der Waals surface area contributed by atoms with Crippen molar-refractivity contribution in [2.24, 2.45) is 0 Å². The molecule has 2 heterocycles. The highest BCUT2D eigenvalue weighted by Crippen LogP contribution is 2.30. The Morgan fingerprint density at radius 1 is 1.35 bits per heavy atom. The topological polar surface area (TPSA) is 72.0 Å². The van der Waals surface area contributed by atoms with Crippen LogP contribution in [0.4, 0.5) is 4.39 Å². The smallest absolute Gasteiger partial charge is 0.313 e. The van der Waals surface area contributed by atoms with Gasteiger partial charge < -0.3 is 9.72 Å². The number of hydrogen-bond donors (Lipinski definition) is 1. The van der Waals surface area contributed by atoms with Crippen molar-refractivity contribution >= 4 is 27.5 Å². The predicted octanol–water partition coefficient (Wildman–Crippen LogP) is 2.90. The summed E-state index contributed by atoms with van der Waals surface area (Å²) in [5, 5.41) is 0.446. The number of benzene rings is 1. The molecule has 0 radical (unpaired) electrons. The number of aromatic nitrogens is 2. The lowest BCUT2D eigenvalue weighted by molar-refractivity contribution is -0.142. The Bertz CT molecular complexity index is 915. The lowest BCUT2D eigenvalue weighted by Gasteiger charge is -2.01. The van der Waals surface area contributed by atoms with E-state index >= 15 is 0 Å². The molecule has 23 heavy (non-hydrogen) atoms. The van der Waals surface area contributed by atoms with E-state index in [1.54, 1.807) is 25.1 Å². The standard InChI is InChI=1S/C16H13FN2O3S/c1-2-22-14(20)8-13-18-15(21)11-7-12(23-16(11)19-13)9-3-5-10(17)6-4-9/h3-7H,2,8H2,1H3,(H,18,19,21). The highest BCUT2D eigenvalue weighted by Gasteiger charge is 2.13. The Kier molecular flexibility index (Phi) is 4.20. The summed E-state index contributed by atoms with van der Waals surface area (Å²) in [5.41, 5.74) is 0.500. The number of esters is 1. The van der Waals surface area contributed by atoms with Crippen LogP contribution in [0.2, 0.25) is 0 Å². The molecule has 7 heteroatoms. The zero-order valence-corrected chi connectivity index (χ0v) is 13.1. The summed E-state index contributed by atoms with van der Waals surface area (Å²) >= 11 is 1.32. The van der Waals surface area contributed by atoms with Crippen molar-refractivity contribution in [1.82, 2.24) is 9.97 Å². The van der Waals surface area contributed by atoms with Gasteiger partial charge in [0.25, 0.3) is 5.56 Å². The van der Waals surface area contributed by atoms with Crippen molar-refractivity contribution in [3.63, 3.8) is 0 Å². The van der Waals surface area contributed by atoms with Gasteiger partial charge in [0.15, 0.2) is 0 Å². The minimum Gasteiger partial charge on any atom is -0.466 e. The molecule has 118 valence electrons. The van der Waals surface area contributed by atoms with Crippen molar-refractivity contribution in [2.45, 2.75) is 13.3 Å². The molecular formula is C16H13FN2O3S. The molecule has 0 spiro atoms. The van der Waals surface area contributed by atoms with E-state index in [1.807, 2.05) is 0 Å². The molecule has 0 amide bonds. The molecule has 3 aromatic rings. The fourth-order valence-corrected chi connectivity index (χ4v) is 3.22. The number of halogens is 1. The zero-order valence-electron chi connectivity index (χ0n) is 12.3. The largest absolute Gasteiger partial charge is 0.466 e. The van der Waals surface area contributed by atoms with Gasteiger partial charge in [-0.3, -0.25) is 9.59 Å². The quantitative estimate of drug-likeness (QED) is 0.746. The normalized spacial score (nSPS) is 10.9. The third-order valence-corrected chi connectivity index (χ3v) is 4.28.